The summed E-state index contributed by atoms with van der Waals surface area (Å²) in [6.07, 6.45) is -7.92. The average Bonchev–Trinajstić information content (AvgIpc) is 1.69. The summed E-state index contributed by atoms with van der Waals surface area (Å²) < 4.78 is 34.1. The topological polar surface area (TPSA) is 458 Å². The molecule has 1 aliphatic heterocycles. The number of hydrogen-bond donors (Lipinski definition) is 16. The Labute approximate surface area is 510 Å². The maximum absolute atomic E-state index is 14.1. The fourth-order valence-electron chi connectivity index (χ4n) is 8.94. The van der Waals surface area contributed by atoms with Gasteiger partial charge in [0, 0.05) is 78.4 Å². The van der Waals surface area contributed by atoms with Gasteiger partial charge in [0.15, 0.2) is 24.7 Å². The van der Waals surface area contributed by atoms with Gasteiger partial charge < -0.3 is 112 Å². The Kier molecular flexibility index (Phi) is 41.3. The fraction of sp³-hybridized carbons (Fsp3) is 0.860. The number of aliphatic hydroxyl groups excluding tert-OH is 9. The molecule has 0 aliphatic carbocycles. The number of hydrogen-bond acceptors (Lipinski definition) is 23. The van der Waals surface area contributed by atoms with Crippen molar-refractivity contribution in [2.75, 3.05) is 65.9 Å². The molecule has 1 fully saturated rings. The van der Waals surface area contributed by atoms with E-state index in [1.54, 1.807) is 20.8 Å². The van der Waals surface area contributed by atoms with Crippen LogP contribution < -0.4 is 37.2 Å². The Hall–Kier alpha value is -4.64. The number of Topliss-reactive ketones (excluding diaryl/α,β-unsaturated/α-hetero) is 1. The van der Waals surface area contributed by atoms with Crippen LogP contribution in [0.5, 0.6) is 0 Å². The van der Waals surface area contributed by atoms with Crippen molar-refractivity contribution in [1.82, 2.24) is 37.2 Å². The van der Waals surface area contributed by atoms with Gasteiger partial charge in [0.1, 0.15) is 54.7 Å². The van der Waals surface area contributed by atoms with Crippen LogP contribution in [0.1, 0.15) is 152 Å². The van der Waals surface area contributed by atoms with E-state index in [1.807, 2.05) is 0 Å². The van der Waals surface area contributed by atoms with Crippen LogP contribution in [0.2, 0.25) is 0 Å². The molecule has 0 radical (unpaired) electrons. The number of nitrogens with one attached hydrogen (secondary N) is 7. The molecule has 11 unspecified atom stereocenters. The number of ether oxygens (including phenoxy) is 6. The number of carbonyl (C=O) groups excluding carboxylic acids is 8. The zero-order valence-electron chi connectivity index (χ0n) is 52.1. The minimum Gasteiger partial charge on any atom is -0.394 e. The molecule has 0 aromatic heterocycles. The van der Waals surface area contributed by atoms with Gasteiger partial charge in [0.05, 0.1) is 51.3 Å². The van der Waals surface area contributed by atoms with Gasteiger partial charge in [0.25, 0.3) is 0 Å². The highest BCUT2D eigenvalue weighted by Crippen LogP contribution is 2.24. The van der Waals surface area contributed by atoms with Crippen LogP contribution in [0.15, 0.2) is 0 Å². The molecule has 1 heterocycles. The summed E-state index contributed by atoms with van der Waals surface area (Å²) in [4.78, 5) is 102. The molecule has 506 valence electrons. The van der Waals surface area contributed by atoms with E-state index < -0.39 is 160 Å². The van der Waals surface area contributed by atoms with E-state index >= 15 is 0 Å². The highest BCUT2D eigenvalue weighted by molar-refractivity contribution is 5.94. The van der Waals surface area contributed by atoms with E-state index in [-0.39, 0.29) is 95.5 Å². The number of unbranched alkanes of at least 4 members (excludes halogenated alkanes) is 5. The quantitative estimate of drug-likeness (QED) is 0.0211. The van der Waals surface area contributed by atoms with Crippen molar-refractivity contribution in [3.05, 3.63) is 0 Å². The second-order valence-corrected chi connectivity index (χ2v) is 22.8. The van der Waals surface area contributed by atoms with Crippen molar-refractivity contribution in [3.8, 4) is 0 Å². The lowest BCUT2D eigenvalue weighted by atomic mass is 9.84. The third-order valence-electron chi connectivity index (χ3n) is 13.9. The SMILES string of the molecule is CC(=O)NC1C(OCCCCC(=O)NC(CCCCNC(=O)CCCCOC(OC(CO)[C@@H](C)O)[C@H](CO)NC(C)=O)C(=O)NC(CCCCNC(=O)CCCCOC(OC(CO)[C@@H](C)O)[C@H](CO)NC(C)=O)C(=O)C(C)(C)C)OC(CO)C(O)C1O. The van der Waals surface area contributed by atoms with Crippen molar-refractivity contribution < 1.29 is 113 Å². The second-order valence-electron chi connectivity index (χ2n) is 22.8. The molecule has 0 aromatic rings. The van der Waals surface area contributed by atoms with E-state index in [0.29, 0.717) is 51.4 Å². The van der Waals surface area contributed by atoms with Crippen molar-refractivity contribution in [3.63, 3.8) is 0 Å². The summed E-state index contributed by atoms with van der Waals surface area (Å²) in [5.74, 6) is -3.34. The van der Waals surface area contributed by atoms with Crippen LogP contribution in [-0.2, 0) is 66.8 Å². The molecular formula is C57H105N7O23. The zero-order chi connectivity index (χ0) is 65.6. The largest absolute Gasteiger partial charge is 0.394 e. The van der Waals surface area contributed by atoms with Crippen molar-refractivity contribution in [2.24, 2.45) is 5.41 Å². The Morgan fingerprint density at radius 1 is 0.529 bits per heavy atom. The van der Waals surface area contributed by atoms with E-state index in [2.05, 4.69) is 37.2 Å². The number of rotatable bonds is 48. The number of amides is 7. The molecule has 16 N–H and O–H groups in total. The van der Waals surface area contributed by atoms with E-state index in [0.717, 1.165) is 0 Å². The highest BCUT2D eigenvalue weighted by Gasteiger charge is 2.45. The molecule has 0 saturated carbocycles. The van der Waals surface area contributed by atoms with Crippen molar-refractivity contribution in [2.45, 2.75) is 244 Å². The first-order chi connectivity index (χ1) is 41.1. The third kappa shape index (κ3) is 33.7. The van der Waals surface area contributed by atoms with Gasteiger partial charge in [-0.05, 0) is 90.9 Å². The Bertz CT molecular complexity index is 2000. The second kappa shape index (κ2) is 44.7. The van der Waals surface area contributed by atoms with Gasteiger partial charge in [-0.2, -0.15) is 0 Å². The van der Waals surface area contributed by atoms with Crippen LogP contribution in [0.4, 0.5) is 0 Å². The van der Waals surface area contributed by atoms with Crippen molar-refractivity contribution in [1.29, 1.82) is 0 Å². The molecular weight excluding hydrogens is 1150 g/mol. The molecule has 1 rings (SSSR count). The van der Waals surface area contributed by atoms with Gasteiger partial charge in [-0.25, -0.2) is 0 Å². The summed E-state index contributed by atoms with van der Waals surface area (Å²) in [5.41, 5.74) is -0.882. The van der Waals surface area contributed by atoms with E-state index in [4.69, 9.17) is 28.4 Å². The van der Waals surface area contributed by atoms with Gasteiger partial charge >= 0.3 is 0 Å². The predicted molar refractivity (Wildman–Crippen MR) is 311 cm³/mol. The minimum absolute atomic E-state index is 0.0157. The van der Waals surface area contributed by atoms with Crippen LogP contribution in [0, 0.1) is 5.41 Å². The average molecular weight is 1260 g/mol. The standard InChI is InChI=1S/C57H105N7O23/c1-34(70)43(31-67)85-54(41(29-65)60-36(3)72)82-26-16-11-21-46(75)58-24-14-9-19-39(52(80)57(6,7)8)64-53(81)40(63-48(77)23-13-18-28-84-56-49(62-38(5)74)51(79)50(78)45(33-69)87-56)20-10-15-25-59-47(76)22-12-17-27-83-55(42(30-66)61-37(4)73)86-44(32-68)35(2)71/h34-35,39-45,49-51,54-56,65-71,78-79H,9-33H2,1-8H3,(H,58,75)(H,59,76)(H,60,72)(H,61,73)(H,62,74)(H,63,77)(H,64,81)/t34-,35-,39?,40?,41+,42+,43?,44?,45?,49?,50?,51?,54?,55?,56?/m1/s1. The summed E-state index contributed by atoms with van der Waals surface area (Å²) in [5, 5.41) is 108. The van der Waals surface area contributed by atoms with Gasteiger partial charge in [-0.3, -0.25) is 38.4 Å². The number of ketones is 1. The van der Waals surface area contributed by atoms with Gasteiger partial charge in [-0.1, -0.05) is 20.8 Å². The molecule has 15 atom stereocenters. The van der Waals surface area contributed by atoms with E-state index in [9.17, 15) is 84.3 Å². The molecule has 1 saturated heterocycles. The smallest absolute Gasteiger partial charge is 0.243 e. The lowest BCUT2D eigenvalue weighted by molar-refractivity contribution is -0.270. The third-order valence-corrected chi connectivity index (χ3v) is 13.9. The number of carbonyl (C=O) groups is 8. The predicted octanol–water partition coefficient (Wildman–Crippen LogP) is -3.19. The Balaban J connectivity index is 2.98. The molecule has 7 amide bonds. The van der Waals surface area contributed by atoms with E-state index in [1.165, 1.54) is 34.6 Å². The zero-order valence-corrected chi connectivity index (χ0v) is 52.1. The molecule has 0 spiro atoms. The number of aliphatic hydroxyl groups is 9. The van der Waals surface area contributed by atoms with Gasteiger partial charge in [0.2, 0.25) is 41.4 Å². The summed E-state index contributed by atoms with van der Waals surface area (Å²) in [7, 11) is 0. The molecule has 0 aromatic carbocycles. The highest BCUT2D eigenvalue weighted by atomic mass is 16.7. The first-order valence-corrected chi connectivity index (χ1v) is 30.2. The van der Waals surface area contributed by atoms with Crippen LogP contribution in [-0.4, -0.2) is 251 Å². The Morgan fingerprint density at radius 2 is 0.977 bits per heavy atom. The van der Waals surface area contributed by atoms with Crippen LogP contribution >= 0.6 is 0 Å². The molecule has 1 aliphatic rings. The Morgan fingerprint density at radius 3 is 1.38 bits per heavy atom. The van der Waals surface area contributed by atoms with Crippen LogP contribution in [0.25, 0.3) is 0 Å². The van der Waals surface area contributed by atoms with Crippen molar-refractivity contribution >= 4 is 47.1 Å². The van der Waals surface area contributed by atoms with Gasteiger partial charge in [-0.15, -0.1) is 0 Å². The maximum atomic E-state index is 14.1. The lowest BCUT2D eigenvalue weighted by Crippen LogP contribution is -2.64. The normalized spacial score (nSPS) is 20.4. The first-order valence-electron chi connectivity index (χ1n) is 30.2. The lowest BCUT2D eigenvalue weighted by Gasteiger charge is -2.42. The fourth-order valence-corrected chi connectivity index (χ4v) is 8.94. The molecule has 0 bridgehead atoms. The summed E-state index contributed by atoms with van der Waals surface area (Å²) in [6.45, 7) is 9.40. The summed E-state index contributed by atoms with van der Waals surface area (Å²) >= 11 is 0. The maximum Gasteiger partial charge on any atom is 0.243 e. The first kappa shape index (κ1) is 80.4. The molecule has 30 heteroatoms. The monoisotopic (exact) mass is 1260 g/mol. The molecule has 87 heavy (non-hydrogen) atoms. The minimum atomic E-state index is -1.51. The molecule has 30 nitrogen and oxygen atoms in total. The van der Waals surface area contributed by atoms with Crippen LogP contribution in [0.3, 0.4) is 0 Å². The summed E-state index contributed by atoms with van der Waals surface area (Å²) in [6, 6.07) is -5.21.